The minimum absolute atomic E-state index is 0. The fraction of sp³-hybridized carbons (Fsp3) is 0.588. The van der Waals surface area contributed by atoms with Crippen LogP contribution in [0.3, 0.4) is 0 Å². The van der Waals surface area contributed by atoms with E-state index in [0.29, 0.717) is 6.04 Å². The highest BCUT2D eigenvalue weighted by atomic mass is 35.5. The lowest BCUT2D eigenvalue weighted by molar-refractivity contribution is 0.0963. The highest BCUT2D eigenvalue weighted by Crippen LogP contribution is 2.18. The minimum Gasteiger partial charge on any atom is -0.355 e. The Morgan fingerprint density at radius 2 is 1.91 bits per heavy atom. The van der Waals surface area contributed by atoms with Gasteiger partial charge in [-0.2, -0.15) is 0 Å². The Morgan fingerprint density at radius 3 is 2.57 bits per heavy atom. The molecular weight excluding hydrogens is 312 g/mol. The van der Waals surface area contributed by atoms with Gasteiger partial charge in [-0.25, -0.2) is 0 Å². The van der Waals surface area contributed by atoms with Crippen LogP contribution in [0.5, 0.6) is 0 Å². The van der Waals surface area contributed by atoms with Gasteiger partial charge in [0.25, 0.3) is 5.91 Å². The first-order valence-corrected chi connectivity index (χ1v) is 8.24. The van der Waals surface area contributed by atoms with E-state index in [9.17, 15) is 4.79 Å². The van der Waals surface area contributed by atoms with Crippen LogP contribution >= 0.6 is 12.4 Å². The predicted octanol–water partition coefficient (Wildman–Crippen LogP) is 0.948. The third kappa shape index (κ3) is 4.67. The van der Waals surface area contributed by atoms with E-state index in [2.05, 4.69) is 32.6 Å². The zero-order chi connectivity index (χ0) is 15.4. The molecule has 23 heavy (non-hydrogen) atoms. The molecule has 3 rings (SSSR count). The average Bonchev–Trinajstić information content (AvgIpc) is 3.04. The molecule has 0 spiro atoms. The Morgan fingerprint density at radius 1 is 1.22 bits per heavy atom. The van der Waals surface area contributed by atoms with Crippen LogP contribution in [0.25, 0.3) is 0 Å². The fourth-order valence-corrected chi connectivity index (χ4v) is 3.47. The molecule has 0 radical (unpaired) electrons. The van der Waals surface area contributed by atoms with Gasteiger partial charge in [-0.15, -0.1) is 12.4 Å². The van der Waals surface area contributed by atoms with Gasteiger partial charge in [0.05, 0.1) is 0 Å². The van der Waals surface area contributed by atoms with Crippen molar-refractivity contribution in [3.8, 4) is 0 Å². The van der Waals surface area contributed by atoms with Crippen LogP contribution < -0.4 is 10.6 Å². The molecule has 1 unspecified atom stereocenters. The Kier molecular flexibility index (Phi) is 6.84. The van der Waals surface area contributed by atoms with E-state index >= 15 is 0 Å². The monoisotopic (exact) mass is 338 g/mol. The third-order valence-corrected chi connectivity index (χ3v) is 4.76. The van der Waals surface area contributed by atoms with E-state index in [1.54, 1.807) is 7.05 Å². The molecule has 128 valence electrons. The lowest BCUT2D eigenvalue weighted by atomic mass is 10.1. The molecule has 0 aliphatic carbocycles. The SMILES string of the molecule is CNC(=O)c1ccc(CN2CCC(N3CCNCC3)C2)cc1.Cl. The molecule has 2 aliphatic heterocycles. The molecule has 1 atom stereocenters. The van der Waals surface area contributed by atoms with E-state index in [4.69, 9.17) is 0 Å². The van der Waals surface area contributed by atoms with Crippen LogP contribution in [0, 0.1) is 0 Å². The maximum Gasteiger partial charge on any atom is 0.251 e. The number of benzene rings is 1. The number of amides is 1. The molecule has 1 aromatic rings. The highest BCUT2D eigenvalue weighted by Gasteiger charge is 2.28. The summed E-state index contributed by atoms with van der Waals surface area (Å²) in [6, 6.07) is 8.69. The third-order valence-electron chi connectivity index (χ3n) is 4.76. The van der Waals surface area contributed by atoms with Crippen molar-refractivity contribution in [3.05, 3.63) is 35.4 Å². The topological polar surface area (TPSA) is 47.6 Å². The van der Waals surface area contributed by atoms with Gasteiger partial charge in [-0.05, 0) is 24.1 Å². The second kappa shape index (κ2) is 8.64. The lowest BCUT2D eigenvalue weighted by Crippen LogP contribution is -2.49. The summed E-state index contributed by atoms with van der Waals surface area (Å²) < 4.78 is 0. The van der Waals surface area contributed by atoms with Crippen molar-refractivity contribution in [3.63, 3.8) is 0 Å². The smallest absolute Gasteiger partial charge is 0.251 e. The highest BCUT2D eigenvalue weighted by molar-refractivity contribution is 5.93. The van der Waals surface area contributed by atoms with Gasteiger partial charge >= 0.3 is 0 Å². The average molecular weight is 339 g/mol. The van der Waals surface area contributed by atoms with Crippen molar-refractivity contribution in [1.82, 2.24) is 20.4 Å². The van der Waals surface area contributed by atoms with E-state index in [0.717, 1.165) is 31.7 Å². The van der Waals surface area contributed by atoms with Gasteiger partial charge in [-0.3, -0.25) is 14.6 Å². The second-order valence-electron chi connectivity index (χ2n) is 6.24. The fourth-order valence-electron chi connectivity index (χ4n) is 3.47. The first-order chi connectivity index (χ1) is 10.8. The zero-order valence-electron chi connectivity index (χ0n) is 13.8. The molecule has 2 aliphatic rings. The molecule has 1 amide bonds. The second-order valence-corrected chi connectivity index (χ2v) is 6.24. The Labute approximate surface area is 144 Å². The normalized spacial score (nSPS) is 22.6. The number of hydrogen-bond acceptors (Lipinski definition) is 4. The number of carbonyl (C=O) groups is 1. The number of likely N-dealkylation sites (tertiary alicyclic amines) is 1. The summed E-state index contributed by atoms with van der Waals surface area (Å²) in [6.45, 7) is 7.92. The number of piperazine rings is 1. The quantitative estimate of drug-likeness (QED) is 0.858. The Hall–Kier alpha value is -1.14. The molecule has 2 saturated heterocycles. The zero-order valence-corrected chi connectivity index (χ0v) is 14.6. The van der Waals surface area contributed by atoms with E-state index in [-0.39, 0.29) is 18.3 Å². The van der Waals surface area contributed by atoms with Crippen molar-refractivity contribution >= 4 is 18.3 Å². The maximum atomic E-state index is 11.6. The summed E-state index contributed by atoms with van der Waals surface area (Å²) >= 11 is 0. The summed E-state index contributed by atoms with van der Waals surface area (Å²) in [5.74, 6) is -0.0218. The number of hydrogen-bond donors (Lipinski definition) is 2. The van der Waals surface area contributed by atoms with E-state index in [1.165, 1.54) is 31.6 Å². The molecule has 6 heteroatoms. The van der Waals surface area contributed by atoms with Crippen LogP contribution in [-0.2, 0) is 6.54 Å². The lowest BCUT2D eigenvalue weighted by Gasteiger charge is -2.32. The molecule has 0 saturated carbocycles. The molecular formula is C17H27ClN4O. The van der Waals surface area contributed by atoms with Crippen LogP contribution in [0.4, 0.5) is 0 Å². The van der Waals surface area contributed by atoms with Gasteiger partial charge in [0.2, 0.25) is 0 Å². The number of rotatable bonds is 4. The van der Waals surface area contributed by atoms with Crippen LogP contribution in [0.15, 0.2) is 24.3 Å². The van der Waals surface area contributed by atoms with Crippen molar-refractivity contribution in [2.24, 2.45) is 0 Å². The summed E-state index contributed by atoms with van der Waals surface area (Å²) in [6.07, 6.45) is 1.27. The summed E-state index contributed by atoms with van der Waals surface area (Å²) in [5, 5.41) is 6.08. The maximum absolute atomic E-state index is 11.6. The molecule has 5 nitrogen and oxygen atoms in total. The van der Waals surface area contributed by atoms with Gasteiger partial charge in [0, 0.05) is 64.5 Å². The predicted molar refractivity (Wildman–Crippen MR) is 95.2 cm³/mol. The van der Waals surface area contributed by atoms with Crippen molar-refractivity contribution in [2.75, 3.05) is 46.3 Å². The van der Waals surface area contributed by atoms with E-state index < -0.39 is 0 Å². The Balaban J connectivity index is 0.00000192. The van der Waals surface area contributed by atoms with Crippen molar-refractivity contribution in [1.29, 1.82) is 0 Å². The molecule has 0 aromatic heterocycles. The van der Waals surface area contributed by atoms with Crippen molar-refractivity contribution < 1.29 is 4.79 Å². The number of carbonyl (C=O) groups excluding carboxylic acids is 1. The standard InChI is InChI=1S/C17H26N4O.ClH/c1-18-17(22)15-4-2-14(3-5-15)12-20-9-6-16(13-20)21-10-7-19-8-11-21;/h2-5,16,19H,6-13H2,1H3,(H,18,22);1H. The van der Waals surface area contributed by atoms with Crippen molar-refractivity contribution in [2.45, 2.75) is 19.0 Å². The van der Waals surface area contributed by atoms with Crippen LogP contribution in [0.1, 0.15) is 22.3 Å². The summed E-state index contributed by atoms with van der Waals surface area (Å²) in [7, 11) is 1.66. The number of nitrogens with zero attached hydrogens (tertiary/aromatic N) is 2. The van der Waals surface area contributed by atoms with Gasteiger partial charge in [-0.1, -0.05) is 12.1 Å². The molecule has 2 heterocycles. The van der Waals surface area contributed by atoms with Gasteiger partial charge in [0.1, 0.15) is 0 Å². The van der Waals surface area contributed by atoms with Crippen LogP contribution in [-0.4, -0.2) is 68.1 Å². The van der Waals surface area contributed by atoms with Gasteiger partial charge < -0.3 is 10.6 Å². The molecule has 2 fully saturated rings. The van der Waals surface area contributed by atoms with E-state index in [1.807, 2.05) is 12.1 Å². The Bertz CT molecular complexity index is 502. The molecule has 0 bridgehead atoms. The number of nitrogens with one attached hydrogen (secondary N) is 2. The minimum atomic E-state index is -0.0218. The molecule has 1 aromatic carbocycles. The summed E-state index contributed by atoms with van der Waals surface area (Å²) in [5.41, 5.74) is 2.01. The first kappa shape index (κ1) is 18.2. The molecule has 2 N–H and O–H groups in total. The van der Waals surface area contributed by atoms with Gasteiger partial charge in [0.15, 0.2) is 0 Å². The number of halogens is 1. The summed E-state index contributed by atoms with van der Waals surface area (Å²) in [4.78, 5) is 16.7. The first-order valence-electron chi connectivity index (χ1n) is 8.24. The van der Waals surface area contributed by atoms with Crippen LogP contribution in [0.2, 0.25) is 0 Å². The largest absolute Gasteiger partial charge is 0.355 e.